The number of ketones is 1. The number of carbonyl (C=O) groups excluding carboxylic acids is 1. The highest BCUT2D eigenvalue weighted by Gasteiger charge is 2.18. The van der Waals surface area contributed by atoms with Crippen molar-refractivity contribution in [2.24, 2.45) is 5.92 Å². The monoisotopic (exact) mass is 436 g/mol. The Kier molecular flexibility index (Phi) is 5.94. The molecular formula is C24H22F2N4O2. The molecule has 0 bridgehead atoms. The fraction of sp³-hybridized carbons (Fsp3) is 0.250. The zero-order valence-corrected chi connectivity index (χ0v) is 17.9. The van der Waals surface area contributed by atoms with Crippen molar-refractivity contribution in [3.63, 3.8) is 0 Å². The maximum Gasteiger partial charge on any atom is 0.235 e. The maximum absolute atomic E-state index is 13.4. The normalized spacial score (nSPS) is 12.3. The minimum Gasteiger partial charge on any atom is -0.461 e. The molecule has 0 aliphatic heterocycles. The van der Waals surface area contributed by atoms with E-state index in [2.05, 4.69) is 15.0 Å². The summed E-state index contributed by atoms with van der Waals surface area (Å²) in [5.41, 5.74) is 3.13. The molecule has 4 rings (SSSR count). The lowest BCUT2D eigenvalue weighted by Crippen LogP contribution is -2.05. The second-order valence-corrected chi connectivity index (χ2v) is 7.92. The van der Waals surface area contributed by atoms with Crippen LogP contribution < -0.4 is 4.74 Å². The first kappa shape index (κ1) is 21.5. The Bertz CT molecular complexity index is 1270. The highest BCUT2D eigenvalue weighted by Crippen LogP contribution is 2.33. The molecule has 4 aromatic rings. The molecule has 32 heavy (non-hydrogen) atoms. The Morgan fingerprint density at radius 2 is 1.84 bits per heavy atom. The average Bonchev–Trinajstić information content (AvgIpc) is 3.12. The number of pyridine rings is 1. The van der Waals surface area contributed by atoms with Crippen molar-refractivity contribution in [2.75, 3.05) is 0 Å². The Hall–Kier alpha value is -3.68. The number of halogens is 2. The molecular weight excluding hydrogens is 414 g/mol. The summed E-state index contributed by atoms with van der Waals surface area (Å²) in [6, 6.07) is 8.72. The number of benzene rings is 1. The van der Waals surface area contributed by atoms with E-state index in [9.17, 15) is 13.6 Å². The first-order chi connectivity index (χ1) is 15.3. The number of aromatic nitrogens is 4. The van der Waals surface area contributed by atoms with Crippen LogP contribution in [-0.2, 0) is 0 Å². The van der Waals surface area contributed by atoms with Gasteiger partial charge in [0, 0.05) is 36.9 Å². The van der Waals surface area contributed by atoms with Gasteiger partial charge in [0.1, 0.15) is 5.75 Å². The van der Waals surface area contributed by atoms with Gasteiger partial charge in [-0.1, -0.05) is 26.0 Å². The molecule has 0 saturated heterocycles. The lowest BCUT2D eigenvalue weighted by atomic mass is 10.0. The molecule has 0 saturated carbocycles. The Labute approximate surface area is 183 Å². The molecule has 8 heteroatoms. The number of fused-ring (bicyclic) bond motifs is 1. The van der Waals surface area contributed by atoms with E-state index in [-0.39, 0.29) is 17.6 Å². The molecule has 164 valence electrons. The van der Waals surface area contributed by atoms with Crippen molar-refractivity contribution in [2.45, 2.75) is 33.5 Å². The van der Waals surface area contributed by atoms with Gasteiger partial charge in [-0.25, -0.2) is 18.7 Å². The molecule has 0 spiro atoms. The Balaban J connectivity index is 1.89. The molecule has 1 atom stereocenters. The van der Waals surface area contributed by atoms with E-state index in [0.29, 0.717) is 34.3 Å². The summed E-state index contributed by atoms with van der Waals surface area (Å²) in [7, 11) is 0. The standard InChI is InChI=1S/C24H22F2N4O2/c1-14(2)7-22(31)17-9-21-23(27-10-17)20(13-30(21)24-28-11-18(26)12-29-24)16-5-4-6-19(8-16)32-15(3)25/h4-6,8-15H,7H2,1-3H3. The largest absolute Gasteiger partial charge is 0.461 e. The van der Waals surface area contributed by atoms with Gasteiger partial charge in [-0.15, -0.1) is 0 Å². The molecule has 1 aromatic carbocycles. The molecule has 1 unspecified atom stereocenters. The van der Waals surface area contributed by atoms with Crippen LogP contribution in [-0.4, -0.2) is 31.7 Å². The summed E-state index contributed by atoms with van der Waals surface area (Å²) < 4.78 is 33.6. The quantitative estimate of drug-likeness (QED) is 0.356. The van der Waals surface area contributed by atoms with Crippen molar-refractivity contribution >= 4 is 16.8 Å². The van der Waals surface area contributed by atoms with Crippen LogP contribution in [0.1, 0.15) is 37.6 Å². The molecule has 6 nitrogen and oxygen atoms in total. The number of hydrogen-bond acceptors (Lipinski definition) is 5. The second kappa shape index (κ2) is 8.82. The molecule has 0 N–H and O–H groups in total. The van der Waals surface area contributed by atoms with Crippen molar-refractivity contribution in [1.29, 1.82) is 0 Å². The van der Waals surface area contributed by atoms with E-state index in [1.807, 2.05) is 19.9 Å². The predicted octanol–water partition coefficient (Wildman–Crippen LogP) is 5.54. The number of carbonyl (C=O) groups is 1. The van der Waals surface area contributed by atoms with Crippen molar-refractivity contribution in [3.05, 3.63) is 66.5 Å². The number of rotatable bonds is 7. The summed E-state index contributed by atoms with van der Waals surface area (Å²) >= 11 is 0. The lowest BCUT2D eigenvalue weighted by Gasteiger charge is -2.08. The summed E-state index contributed by atoms with van der Waals surface area (Å²) in [6.45, 7) is 5.26. The molecule has 3 aromatic heterocycles. The molecule has 0 aliphatic carbocycles. The van der Waals surface area contributed by atoms with Crippen molar-refractivity contribution in [3.8, 4) is 22.8 Å². The number of Topliss-reactive ketones (excluding diaryl/α,β-unsaturated/α-hetero) is 1. The second-order valence-electron chi connectivity index (χ2n) is 7.92. The third-order valence-corrected chi connectivity index (χ3v) is 4.82. The predicted molar refractivity (Wildman–Crippen MR) is 117 cm³/mol. The molecule has 0 radical (unpaired) electrons. The van der Waals surface area contributed by atoms with Crippen molar-refractivity contribution < 1.29 is 18.3 Å². The fourth-order valence-corrected chi connectivity index (χ4v) is 3.48. The average molecular weight is 436 g/mol. The summed E-state index contributed by atoms with van der Waals surface area (Å²) in [6.07, 6.45) is 4.41. The van der Waals surface area contributed by atoms with E-state index >= 15 is 0 Å². The highest BCUT2D eigenvalue weighted by molar-refractivity contribution is 6.01. The number of hydrogen-bond donors (Lipinski definition) is 0. The van der Waals surface area contributed by atoms with Gasteiger partial charge in [0.05, 0.1) is 23.4 Å². The van der Waals surface area contributed by atoms with Crippen LogP contribution in [0.2, 0.25) is 0 Å². The highest BCUT2D eigenvalue weighted by atomic mass is 19.1. The first-order valence-electron chi connectivity index (χ1n) is 10.2. The summed E-state index contributed by atoms with van der Waals surface area (Å²) in [5, 5.41) is 0. The summed E-state index contributed by atoms with van der Waals surface area (Å²) in [5.74, 6) is 0.252. The van der Waals surface area contributed by atoms with Gasteiger partial charge in [0.25, 0.3) is 0 Å². The third-order valence-electron chi connectivity index (χ3n) is 4.82. The van der Waals surface area contributed by atoms with Crippen LogP contribution in [0, 0.1) is 11.7 Å². The molecule has 3 heterocycles. The first-order valence-corrected chi connectivity index (χ1v) is 10.2. The molecule has 0 fully saturated rings. The van der Waals surface area contributed by atoms with Crippen LogP contribution in [0.25, 0.3) is 28.1 Å². The van der Waals surface area contributed by atoms with E-state index < -0.39 is 12.2 Å². The van der Waals surface area contributed by atoms with Crippen molar-refractivity contribution in [1.82, 2.24) is 19.5 Å². The summed E-state index contributed by atoms with van der Waals surface area (Å²) in [4.78, 5) is 25.3. The number of ether oxygens (including phenoxy) is 1. The number of nitrogens with zero attached hydrogens (tertiary/aromatic N) is 4. The minimum absolute atomic E-state index is 0.0175. The minimum atomic E-state index is -1.45. The van der Waals surface area contributed by atoms with Crippen LogP contribution in [0.3, 0.4) is 0 Å². The lowest BCUT2D eigenvalue weighted by molar-refractivity contribution is 0.0861. The van der Waals surface area contributed by atoms with Gasteiger partial charge < -0.3 is 4.74 Å². The van der Waals surface area contributed by atoms with E-state index in [1.54, 1.807) is 41.2 Å². The molecule has 0 aliphatic rings. The zero-order valence-electron chi connectivity index (χ0n) is 17.9. The fourth-order valence-electron chi connectivity index (χ4n) is 3.48. The van der Waals surface area contributed by atoms with Crippen LogP contribution in [0.15, 0.2) is 55.1 Å². The Morgan fingerprint density at radius 1 is 1.09 bits per heavy atom. The number of alkyl halides is 1. The van der Waals surface area contributed by atoms with Gasteiger partial charge in [0.2, 0.25) is 12.3 Å². The van der Waals surface area contributed by atoms with Gasteiger partial charge >= 0.3 is 0 Å². The third kappa shape index (κ3) is 4.49. The van der Waals surface area contributed by atoms with Gasteiger partial charge in [0.15, 0.2) is 11.6 Å². The zero-order chi connectivity index (χ0) is 22.8. The molecule has 0 amide bonds. The van der Waals surface area contributed by atoms with Crippen LogP contribution in [0.4, 0.5) is 8.78 Å². The van der Waals surface area contributed by atoms with Gasteiger partial charge in [-0.3, -0.25) is 14.3 Å². The SMILES string of the molecule is CC(C)CC(=O)c1cnc2c(-c3cccc(OC(C)F)c3)cn(-c3ncc(F)cn3)c2c1. The maximum atomic E-state index is 13.4. The van der Waals surface area contributed by atoms with Crippen LogP contribution >= 0.6 is 0 Å². The van der Waals surface area contributed by atoms with Gasteiger partial charge in [-0.2, -0.15) is 0 Å². The topological polar surface area (TPSA) is 69.9 Å². The van der Waals surface area contributed by atoms with Gasteiger partial charge in [-0.05, 0) is 29.7 Å². The van der Waals surface area contributed by atoms with E-state index in [4.69, 9.17) is 4.74 Å². The van der Waals surface area contributed by atoms with E-state index in [1.165, 1.54) is 6.92 Å². The Morgan fingerprint density at radius 3 is 2.53 bits per heavy atom. The van der Waals surface area contributed by atoms with Crippen LogP contribution in [0.5, 0.6) is 5.75 Å². The smallest absolute Gasteiger partial charge is 0.235 e. The van der Waals surface area contributed by atoms with E-state index in [0.717, 1.165) is 18.0 Å².